The van der Waals surface area contributed by atoms with Gasteiger partial charge in [-0.05, 0) is 38.5 Å². The van der Waals surface area contributed by atoms with E-state index in [0.29, 0.717) is 10.8 Å². The van der Waals surface area contributed by atoms with E-state index < -0.39 is 5.41 Å². The Hall–Kier alpha value is -0.540. The van der Waals surface area contributed by atoms with E-state index in [1.807, 2.05) is 6.07 Å². The van der Waals surface area contributed by atoms with Crippen LogP contribution in [0.2, 0.25) is 5.02 Å². The van der Waals surface area contributed by atoms with Gasteiger partial charge in [-0.2, -0.15) is 0 Å². The molecule has 0 bridgehead atoms. The molecule has 16 heavy (non-hydrogen) atoms. The number of hydrogen-bond acceptors (Lipinski definition) is 2. The summed E-state index contributed by atoms with van der Waals surface area (Å²) in [6, 6.07) is 5.36. The maximum Gasteiger partial charge on any atom is 0.316 e. The normalized spacial score (nSPS) is 11.3. The second kappa shape index (κ2) is 5.19. The third kappa shape index (κ3) is 3.49. The molecule has 2 nitrogen and oxygen atoms in total. The molecular formula is C12H14BrClO2. The lowest BCUT2D eigenvalue weighted by Crippen LogP contribution is -2.25. The summed E-state index contributed by atoms with van der Waals surface area (Å²) in [5, 5.41) is 1.18. The van der Waals surface area contributed by atoms with Crippen LogP contribution in [-0.4, -0.2) is 5.97 Å². The number of alkyl halides is 1. The fourth-order valence-corrected chi connectivity index (χ4v) is 1.55. The van der Waals surface area contributed by atoms with E-state index in [9.17, 15) is 4.79 Å². The molecule has 0 spiro atoms. The van der Waals surface area contributed by atoms with Gasteiger partial charge in [0.05, 0.1) is 10.4 Å². The highest BCUT2D eigenvalue weighted by molar-refractivity contribution is 9.08. The van der Waals surface area contributed by atoms with Gasteiger partial charge in [0.2, 0.25) is 0 Å². The summed E-state index contributed by atoms with van der Waals surface area (Å²) in [5.74, 6) is 0.118. The van der Waals surface area contributed by atoms with E-state index in [2.05, 4.69) is 15.9 Å². The predicted octanol–water partition coefficient (Wildman–Crippen LogP) is 4.19. The summed E-state index contributed by atoms with van der Waals surface area (Å²) in [6.07, 6.45) is 0. The van der Waals surface area contributed by atoms with Crippen molar-refractivity contribution < 1.29 is 9.53 Å². The number of esters is 1. The Labute approximate surface area is 109 Å². The third-order valence-corrected chi connectivity index (χ3v) is 2.91. The highest BCUT2D eigenvalue weighted by Gasteiger charge is 2.24. The molecule has 0 N–H and O–H groups in total. The van der Waals surface area contributed by atoms with Crippen LogP contribution in [0.5, 0.6) is 5.75 Å². The van der Waals surface area contributed by atoms with Crippen molar-refractivity contribution in [2.45, 2.75) is 26.1 Å². The molecule has 0 amide bonds. The number of hydrogen-bond donors (Lipinski definition) is 0. The van der Waals surface area contributed by atoms with Crippen molar-refractivity contribution >= 4 is 33.5 Å². The Morgan fingerprint density at radius 2 is 2.06 bits per heavy atom. The van der Waals surface area contributed by atoms with Gasteiger partial charge in [-0.1, -0.05) is 33.6 Å². The quantitative estimate of drug-likeness (QED) is 0.465. The summed E-state index contributed by atoms with van der Waals surface area (Å²) in [4.78, 5) is 11.7. The van der Waals surface area contributed by atoms with Crippen LogP contribution in [0, 0.1) is 5.41 Å². The number of carbonyl (C=O) groups is 1. The summed E-state index contributed by atoms with van der Waals surface area (Å²) in [6.45, 7) is 5.41. The highest BCUT2D eigenvalue weighted by atomic mass is 79.9. The maximum atomic E-state index is 11.7. The number of halogens is 2. The molecule has 0 aliphatic heterocycles. The number of rotatable bonds is 2. The molecule has 0 radical (unpaired) electrons. The molecule has 1 rings (SSSR count). The number of ether oxygens (including phenoxy) is 1. The fourth-order valence-electron chi connectivity index (χ4n) is 0.963. The Morgan fingerprint density at radius 3 is 2.50 bits per heavy atom. The van der Waals surface area contributed by atoms with Gasteiger partial charge in [0, 0.05) is 5.33 Å². The van der Waals surface area contributed by atoms with Gasteiger partial charge in [-0.15, -0.1) is 0 Å². The van der Waals surface area contributed by atoms with Crippen molar-refractivity contribution in [1.29, 1.82) is 0 Å². The van der Waals surface area contributed by atoms with Gasteiger partial charge in [0.15, 0.2) is 0 Å². The van der Waals surface area contributed by atoms with Gasteiger partial charge in [-0.25, -0.2) is 0 Å². The van der Waals surface area contributed by atoms with Crippen molar-refractivity contribution in [3.63, 3.8) is 0 Å². The van der Waals surface area contributed by atoms with Crippen molar-refractivity contribution in [2.75, 3.05) is 0 Å². The molecule has 0 fully saturated rings. The van der Waals surface area contributed by atoms with Gasteiger partial charge in [0.1, 0.15) is 5.75 Å². The molecule has 1 aromatic rings. The van der Waals surface area contributed by atoms with E-state index in [-0.39, 0.29) is 5.97 Å². The molecule has 0 atom stereocenters. The van der Waals surface area contributed by atoms with E-state index in [1.165, 1.54) is 0 Å². The molecule has 4 heteroatoms. The monoisotopic (exact) mass is 304 g/mol. The minimum absolute atomic E-state index is 0.291. The SMILES string of the molecule is CC(C)(C)C(=O)Oc1ccc(CBr)cc1Cl. The van der Waals surface area contributed by atoms with Gasteiger partial charge >= 0.3 is 5.97 Å². The van der Waals surface area contributed by atoms with E-state index in [1.54, 1.807) is 32.9 Å². The van der Waals surface area contributed by atoms with Gasteiger partial charge in [-0.3, -0.25) is 4.79 Å². The average Bonchev–Trinajstić information content (AvgIpc) is 2.19. The van der Waals surface area contributed by atoms with Crippen LogP contribution in [0.3, 0.4) is 0 Å². The first-order valence-electron chi connectivity index (χ1n) is 4.91. The van der Waals surface area contributed by atoms with Gasteiger partial charge in [0.25, 0.3) is 0 Å². The second-order valence-electron chi connectivity index (χ2n) is 4.54. The molecule has 0 aromatic heterocycles. The smallest absolute Gasteiger partial charge is 0.316 e. The van der Waals surface area contributed by atoms with Crippen molar-refractivity contribution in [3.05, 3.63) is 28.8 Å². The van der Waals surface area contributed by atoms with E-state index in [4.69, 9.17) is 16.3 Å². The van der Waals surface area contributed by atoms with Gasteiger partial charge < -0.3 is 4.74 Å². The molecule has 0 aliphatic carbocycles. The van der Waals surface area contributed by atoms with E-state index in [0.717, 1.165) is 10.9 Å². The molecule has 0 saturated heterocycles. The molecule has 0 saturated carbocycles. The Morgan fingerprint density at radius 1 is 1.44 bits per heavy atom. The molecular weight excluding hydrogens is 291 g/mol. The molecule has 0 unspecified atom stereocenters. The standard InChI is InChI=1S/C12H14BrClO2/c1-12(2,3)11(15)16-10-5-4-8(7-13)6-9(10)14/h4-6H,7H2,1-3H3. The first-order valence-corrected chi connectivity index (χ1v) is 6.41. The Balaban J connectivity index is 2.87. The second-order valence-corrected chi connectivity index (χ2v) is 5.51. The van der Waals surface area contributed by atoms with Crippen LogP contribution >= 0.6 is 27.5 Å². The lowest BCUT2D eigenvalue weighted by Gasteiger charge is -2.17. The van der Waals surface area contributed by atoms with E-state index >= 15 is 0 Å². The topological polar surface area (TPSA) is 26.3 Å². The molecule has 0 aliphatic rings. The summed E-state index contributed by atoms with van der Waals surface area (Å²) in [7, 11) is 0. The summed E-state index contributed by atoms with van der Waals surface area (Å²) in [5.41, 5.74) is 0.512. The summed E-state index contributed by atoms with van der Waals surface area (Å²) < 4.78 is 5.22. The van der Waals surface area contributed by atoms with Crippen molar-refractivity contribution in [1.82, 2.24) is 0 Å². The lowest BCUT2D eigenvalue weighted by atomic mass is 9.97. The van der Waals surface area contributed by atoms with Crippen LogP contribution in [0.4, 0.5) is 0 Å². The minimum atomic E-state index is -0.530. The third-order valence-electron chi connectivity index (χ3n) is 1.97. The first-order chi connectivity index (χ1) is 7.34. The summed E-state index contributed by atoms with van der Waals surface area (Å²) >= 11 is 9.34. The molecule has 0 heterocycles. The zero-order chi connectivity index (χ0) is 12.3. The number of carbonyl (C=O) groups excluding carboxylic acids is 1. The maximum absolute atomic E-state index is 11.7. The van der Waals surface area contributed by atoms with Crippen LogP contribution in [0.15, 0.2) is 18.2 Å². The van der Waals surface area contributed by atoms with Crippen LogP contribution in [0.1, 0.15) is 26.3 Å². The largest absolute Gasteiger partial charge is 0.425 e. The van der Waals surface area contributed by atoms with Crippen LogP contribution in [0.25, 0.3) is 0 Å². The minimum Gasteiger partial charge on any atom is -0.425 e. The highest BCUT2D eigenvalue weighted by Crippen LogP contribution is 2.28. The van der Waals surface area contributed by atoms with Crippen molar-refractivity contribution in [2.24, 2.45) is 5.41 Å². The average molecular weight is 306 g/mol. The Bertz CT molecular complexity index is 396. The van der Waals surface area contributed by atoms with Crippen LogP contribution < -0.4 is 4.74 Å². The zero-order valence-corrected chi connectivity index (χ0v) is 11.9. The predicted molar refractivity (Wildman–Crippen MR) is 69.2 cm³/mol. The first kappa shape index (κ1) is 13.5. The lowest BCUT2D eigenvalue weighted by molar-refractivity contribution is -0.142. The molecule has 1 aromatic carbocycles. The van der Waals surface area contributed by atoms with Crippen LogP contribution in [-0.2, 0) is 10.1 Å². The van der Waals surface area contributed by atoms with Crippen molar-refractivity contribution in [3.8, 4) is 5.75 Å². The zero-order valence-electron chi connectivity index (χ0n) is 9.51. The number of benzene rings is 1. The Kier molecular flexibility index (Phi) is 4.39. The fraction of sp³-hybridized carbons (Fsp3) is 0.417. The molecule has 88 valence electrons.